The monoisotopic (exact) mass is 1070 g/mol. The number of amides is 1. The molecule has 9 nitrogen and oxygen atoms in total. The molecule has 9 heteroatoms. The van der Waals surface area contributed by atoms with Gasteiger partial charge in [0.2, 0.25) is 5.91 Å². The molecule has 0 aliphatic carbocycles. The largest absolute Gasteiger partial charge is 0.394 e. The summed E-state index contributed by atoms with van der Waals surface area (Å²) in [6.07, 6.45) is 72.3. The molecule has 76 heavy (non-hydrogen) atoms. The lowest BCUT2D eigenvalue weighted by molar-refractivity contribution is -0.302. The molecule has 1 aliphatic heterocycles. The van der Waals surface area contributed by atoms with Gasteiger partial charge in [-0.1, -0.05) is 279 Å². The van der Waals surface area contributed by atoms with Crippen LogP contribution >= 0.6 is 0 Å². The molecule has 0 spiro atoms. The van der Waals surface area contributed by atoms with E-state index in [9.17, 15) is 30.3 Å². The zero-order valence-electron chi connectivity index (χ0n) is 49.0. The van der Waals surface area contributed by atoms with Crippen LogP contribution in [-0.2, 0) is 14.3 Å². The standard InChI is InChI=1S/C67H119NO8/c1-3-5-7-9-11-13-15-17-19-21-23-25-27-28-29-30-31-32-33-34-35-37-39-41-43-45-47-49-51-53-55-57-63(71)68-60(59-75-67-66(74)65(73)64(72)62(58-69)76-67)61(70)56-54-52-50-48-46-44-42-40-38-36-26-24-22-20-18-16-14-12-10-8-6-4-2/h5,7,11,13,17,19,23,25,28-29,46,48,54,56,60-62,64-67,69-70,72-74H,3-4,6,8-10,12,14-16,18,20-22,24,26-27,30-45,47,49-53,55,57-59H2,1-2H3,(H,68,71)/b7-5-,13-11-,19-17-,25-23-,29-28-,48-46+,56-54+. The molecular formula is C67H119NO8. The van der Waals surface area contributed by atoms with Gasteiger partial charge in [-0.2, -0.15) is 0 Å². The van der Waals surface area contributed by atoms with Crippen LogP contribution in [0.15, 0.2) is 85.1 Å². The van der Waals surface area contributed by atoms with Crippen LogP contribution in [0.1, 0.15) is 277 Å². The molecule has 7 atom stereocenters. The molecule has 6 N–H and O–H groups in total. The molecule has 0 saturated carbocycles. The number of unbranched alkanes of at least 4 members (excludes halogenated alkanes) is 32. The van der Waals surface area contributed by atoms with E-state index >= 15 is 0 Å². The first kappa shape index (κ1) is 71.4. The topological polar surface area (TPSA) is 149 Å². The second-order valence-electron chi connectivity index (χ2n) is 21.8. The molecule has 0 bridgehead atoms. The Kier molecular flexibility index (Phi) is 52.3. The van der Waals surface area contributed by atoms with Crippen molar-refractivity contribution >= 4 is 5.91 Å². The minimum atomic E-state index is -1.58. The fourth-order valence-corrected chi connectivity index (χ4v) is 9.73. The number of aliphatic hydroxyl groups excluding tert-OH is 5. The van der Waals surface area contributed by atoms with Gasteiger partial charge in [-0.25, -0.2) is 0 Å². The Bertz CT molecular complexity index is 1470. The highest BCUT2D eigenvalue weighted by atomic mass is 16.7. The molecule has 0 radical (unpaired) electrons. The van der Waals surface area contributed by atoms with Gasteiger partial charge in [0.05, 0.1) is 25.4 Å². The third-order valence-corrected chi connectivity index (χ3v) is 14.7. The minimum Gasteiger partial charge on any atom is -0.394 e. The van der Waals surface area contributed by atoms with Gasteiger partial charge in [0.1, 0.15) is 24.4 Å². The Balaban J connectivity index is 2.19. The number of allylic oxidation sites excluding steroid dienone is 13. The van der Waals surface area contributed by atoms with Crippen LogP contribution in [0.2, 0.25) is 0 Å². The quantitative estimate of drug-likeness (QED) is 0.0261. The molecule has 1 aliphatic rings. The molecule has 7 unspecified atom stereocenters. The summed E-state index contributed by atoms with van der Waals surface area (Å²) < 4.78 is 11.3. The molecule has 440 valence electrons. The number of rotatable bonds is 54. The summed E-state index contributed by atoms with van der Waals surface area (Å²) in [5.41, 5.74) is 0. The average Bonchev–Trinajstić information content (AvgIpc) is 3.42. The van der Waals surface area contributed by atoms with Crippen molar-refractivity contribution in [2.75, 3.05) is 13.2 Å². The van der Waals surface area contributed by atoms with Gasteiger partial charge >= 0.3 is 0 Å². The Morgan fingerprint density at radius 2 is 0.829 bits per heavy atom. The summed E-state index contributed by atoms with van der Waals surface area (Å²) in [5.74, 6) is -0.187. The highest BCUT2D eigenvalue weighted by Crippen LogP contribution is 2.23. The number of aliphatic hydroxyl groups is 5. The lowest BCUT2D eigenvalue weighted by Gasteiger charge is -2.40. The molecule has 1 fully saturated rings. The first-order chi connectivity index (χ1) is 37.3. The summed E-state index contributed by atoms with van der Waals surface area (Å²) in [4.78, 5) is 13.1. The van der Waals surface area contributed by atoms with Gasteiger partial charge in [0.25, 0.3) is 0 Å². The molecule has 0 aromatic carbocycles. The van der Waals surface area contributed by atoms with Gasteiger partial charge < -0.3 is 40.3 Å². The van der Waals surface area contributed by atoms with Crippen molar-refractivity contribution in [3.63, 3.8) is 0 Å². The number of carbonyl (C=O) groups is 1. The van der Waals surface area contributed by atoms with E-state index < -0.39 is 49.5 Å². The van der Waals surface area contributed by atoms with E-state index in [-0.39, 0.29) is 12.5 Å². The third kappa shape index (κ3) is 44.2. The molecule has 1 saturated heterocycles. The van der Waals surface area contributed by atoms with E-state index in [1.807, 2.05) is 6.08 Å². The summed E-state index contributed by atoms with van der Waals surface area (Å²) in [5, 5.41) is 54.6. The second-order valence-corrected chi connectivity index (χ2v) is 21.8. The van der Waals surface area contributed by atoms with Gasteiger partial charge in [0.15, 0.2) is 6.29 Å². The minimum absolute atomic E-state index is 0.187. The fraction of sp³-hybridized carbons (Fsp3) is 0.776. The van der Waals surface area contributed by atoms with Crippen molar-refractivity contribution in [2.24, 2.45) is 0 Å². The lowest BCUT2D eigenvalue weighted by Crippen LogP contribution is -2.60. The number of carbonyl (C=O) groups excluding carboxylic acids is 1. The summed E-state index contributed by atoms with van der Waals surface area (Å²) in [6, 6.07) is -0.827. The summed E-state index contributed by atoms with van der Waals surface area (Å²) in [6.45, 7) is 3.67. The Labute approximate surface area is 467 Å². The fourth-order valence-electron chi connectivity index (χ4n) is 9.73. The van der Waals surface area contributed by atoms with Crippen molar-refractivity contribution in [1.82, 2.24) is 5.32 Å². The van der Waals surface area contributed by atoms with E-state index in [0.717, 1.165) is 70.6 Å². The van der Waals surface area contributed by atoms with Crippen molar-refractivity contribution < 1.29 is 39.8 Å². The van der Waals surface area contributed by atoms with Gasteiger partial charge in [-0.05, 0) is 77.0 Å². The Morgan fingerprint density at radius 1 is 0.461 bits per heavy atom. The Morgan fingerprint density at radius 3 is 1.26 bits per heavy atom. The van der Waals surface area contributed by atoms with E-state index in [1.54, 1.807) is 6.08 Å². The second kappa shape index (κ2) is 55.7. The highest BCUT2D eigenvalue weighted by Gasteiger charge is 2.44. The van der Waals surface area contributed by atoms with Gasteiger partial charge in [-0.15, -0.1) is 0 Å². The van der Waals surface area contributed by atoms with Crippen LogP contribution in [0.25, 0.3) is 0 Å². The number of hydrogen-bond donors (Lipinski definition) is 6. The van der Waals surface area contributed by atoms with E-state index in [0.29, 0.717) is 6.42 Å². The predicted molar refractivity (Wildman–Crippen MR) is 322 cm³/mol. The van der Waals surface area contributed by atoms with Crippen molar-refractivity contribution in [1.29, 1.82) is 0 Å². The van der Waals surface area contributed by atoms with E-state index in [1.165, 1.54) is 186 Å². The first-order valence-electron chi connectivity index (χ1n) is 31.8. The first-order valence-corrected chi connectivity index (χ1v) is 31.8. The molecule has 0 aromatic rings. The van der Waals surface area contributed by atoms with Crippen LogP contribution in [0.3, 0.4) is 0 Å². The SMILES string of the molecule is CC/C=C\C/C=C\C/C=C\C/C=C\C/C=C\CCCCCCCCCCCCCCCCCC(=O)NC(COC1OC(CO)C(O)C(O)C1O)C(O)/C=C/CC/C=C/CCCCCCCCCCCCCCCCCC. The average molecular weight is 1070 g/mol. The molecular weight excluding hydrogens is 947 g/mol. The molecule has 1 amide bonds. The maximum atomic E-state index is 13.1. The zero-order valence-corrected chi connectivity index (χ0v) is 49.0. The maximum Gasteiger partial charge on any atom is 0.220 e. The van der Waals surface area contributed by atoms with Crippen LogP contribution in [0.4, 0.5) is 0 Å². The van der Waals surface area contributed by atoms with E-state index in [2.05, 4.69) is 92.1 Å². The molecule has 0 aromatic heterocycles. The summed E-state index contributed by atoms with van der Waals surface area (Å²) >= 11 is 0. The van der Waals surface area contributed by atoms with Crippen LogP contribution < -0.4 is 5.32 Å². The van der Waals surface area contributed by atoms with Gasteiger partial charge in [-0.3, -0.25) is 4.79 Å². The smallest absolute Gasteiger partial charge is 0.220 e. The van der Waals surface area contributed by atoms with Gasteiger partial charge in [0, 0.05) is 6.42 Å². The normalized spacial score (nSPS) is 19.4. The number of ether oxygens (including phenoxy) is 2. The van der Waals surface area contributed by atoms with E-state index in [4.69, 9.17) is 9.47 Å². The summed E-state index contributed by atoms with van der Waals surface area (Å²) in [7, 11) is 0. The lowest BCUT2D eigenvalue weighted by atomic mass is 9.99. The zero-order chi connectivity index (χ0) is 55.0. The van der Waals surface area contributed by atoms with Crippen LogP contribution in [0, 0.1) is 0 Å². The van der Waals surface area contributed by atoms with Crippen molar-refractivity contribution in [3.05, 3.63) is 85.1 Å². The number of nitrogens with one attached hydrogen (secondary N) is 1. The molecule has 1 heterocycles. The Hall–Kier alpha value is -2.63. The van der Waals surface area contributed by atoms with Crippen molar-refractivity contribution in [3.8, 4) is 0 Å². The molecule has 1 rings (SSSR count). The number of hydrogen-bond acceptors (Lipinski definition) is 8. The third-order valence-electron chi connectivity index (χ3n) is 14.7. The van der Waals surface area contributed by atoms with Crippen LogP contribution in [-0.4, -0.2) is 87.5 Å². The van der Waals surface area contributed by atoms with Crippen LogP contribution in [0.5, 0.6) is 0 Å². The van der Waals surface area contributed by atoms with Crippen molar-refractivity contribution in [2.45, 2.75) is 320 Å². The highest BCUT2D eigenvalue weighted by molar-refractivity contribution is 5.76. The predicted octanol–water partition coefficient (Wildman–Crippen LogP) is 16.6. The maximum absolute atomic E-state index is 13.1.